The lowest BCUT2D eigenvalue weighted by Crippen LogP contribution is -2.03. The Hall–Kier alpha value is -2.15. The van der Waals surface area contributed by atoms with Gasteiger partial charge in [0.1, 0.15) is 5.56 Å². The van der Waals surface area contributed by atoms with Gasteiger partial charge in [-0.1, -0.05) is 18.2 Å². The van der Waals surface area contributed by atoms with Crippen molar-refractivity contribution in [2.45, 2.75) is 4.90 Å². The Kier molecular flexibility index (Phi) is 2.92. The average Bonchev–Trinajstić information content (AvgIpc) is 2.76. The van der Waals surface area contributed by atoms with Crippen LogP contribution in [0.3, 0.4) is 0 Å². The maximum atomic E-state index is 11.6. The SMILES string of the molecule is CS(=O)(=O)c1ccccc1-c1[nH]ncc1C(=O)O. The molecule has 0 bridgehead atoms. The number of H-pyrrole nitrogens is 1. The lowest BCUT2D eigenvalue weighted by Gasteiger charge is -2.06. The molecule has 7 heteroatoms. The molecule has 18 heavy (non-hydrogen) atoms. The standard InChI is InChI=1S/C11H10N2O4S/c1-18(16,17)9-5-3-2-4-7(9)10-8(11(14)15)6-12-13-10/h2-6H,1H3,(H,12,13)(H,14,15). The van der Waals surface area contributed by atoms with Crippen LogP contribution in [-0.4, -0.2) is 35.9 Å². The number of carboxylic acids is 1. The number of hydrogen-bond donors (Lipinski definition) is 2. The van der Waals surface area contributed by atoms with Crippen LogP contribution < -0.4 is 0 Å². The molecule has 2 aromatic rings. The summed E-state index contributed by atoms with van der Waals surface area (Å²) in [5.41, 5.74) is 0.421. The number of aromatic carboxylic acids is 1. The molecule has 0 fully saturated rings. The lowest BCUT2D eigenvalue weighted by molar-refractivity contribution is 0.0698. The zero-order chi connectivity index (χ0) is 13.3. The van der Waals surface area contributed by atoms with E-state index in [1.165, 1.54) is 12.1 Å². The maximum absolute atomic E-state index is 11.6. The van der Waals surface area contributed by atoms with Gasteiger partial charge in [-0.05, 0) is 6.07 Å². The molecule has 0 aliphatic rings. The maximum Gasteiger partial charge on any atom is 0.339 e. The van der Waals surface area contributed by atoms with Gasteiger partial charge in [-0.3, -0.25) is 5.10 Å². The summed E-state index contributed by atoms with van der Waals surface area (Å²) >= 11 is 0. The van der Waals surface area contributed by atoms with E-state index in [1.54, 1.807) is 12.1 Å². The predicted molar refractivity (Wildman–Crippen MR) is 64.1 cm³/mol. The molecule has 94 valence electrons. The van der Waals surface area contributed by atoms with Gasteiger partial charge >= 0.3 is 5.97 Å². The molecule has 0 saturated carbocycles. The Labute approximate surface area is 103 Å². The summed E-state index contributed by atoms with van der Waals surface area (Å²) in [5, 5.41) is 15.2. The molecule has 2 N–H and O–H groups in total. The number of hydrogen-bond acceptors (Lipinski definition) is 4. The van der Waals surface area contributed by atoms with Gasteiger partial charge in [0, 0.05) is 11.8 Å². The number of aromatic amines is 1. The molecule has 1 aromatic heterocycles. The fourth-order valence-electron chi connectivity index (χ4n) is 1.65. The van der Waals surface area contributed by atoms with Crippen LogP contribution in [0.2, 0.25) is 0 Å². The van der Waals surface area contributed by atoms with Gasteiger partial charge in [0.15, 0.2) is 9.84 Å². The molecule has 0 amide bonds. The minimum absolute atomic E-state index is 0.0638. The highest BCUT2D eigenvalue weighted by molar-refractivity contribution is 7.90. The summed E-state index contributed by atoms with van der Waals surface area (Å²) < 4.78 is 23.3. The van der Waals surface area contributed by atoms with Crippen molar-refractivity contribution < 1.29 is 18.3 Å². The van der Waals surface area contributed by atoms with Crippen LogP contribution >= 0.6 is 0 Å². The third kappa shape index (κ3) is 2.12. The number of nitrogens with zero attached hydrogens (tertiary/aromatic N) is 1. The van der Waals surface area contributed by atoms with Gasteiger partial charge < -0.3 is 5.11 Å². The number of nitrogens with one attached hydrogen (secondary N) is 1. The van der Waals surface area contributed by atoms with Crippen LogP contribution in [0.1, 0.15) is 10.4 Å². The highest BCUT2D eigenvalue weighted by atomic mass is 32.2. The van der Waals surface area contributed by atoms with Gasteiger partial charge in [-0.2, -0.15) is 5.10 Å². The second-order valence-corrected chi connectivity index (χ2v) is 5.72. The van der Waals surface area contributed by atoms with Crippen molar-refractivity contribution in [2.75, 3.05) is 6.26 Å². The molecule has 0 saturated heterocycles. The van der Waals surface area contributed by atoms with Crippen molar-refractivity contribution in [3.8, 4) is 11.3 Å². The van der Waals surface area contributed by atoms with E-state index in [0.29, 0.717) is 5.56 Å². The topological polar surface area (TPSA) is 100 Å². The summed E-state index contributed by atoms with van der Waals surface area (Å²) in [7, 11) is -3.44. The Morgan fingerprint density at radius 1 is 1.33 bits per heavy atom. The summed E-state index contributed by atoms with van der Waals surface area (Å²) in [6.45, 7) is 0. The van der Waals surface area contributed by atoms with Gasteiger partial charge in [0.25, 0.3) is 0 Å². The molecule has 0 aliphatic heterocycles. The first-order chi connectivity index (χ1) is 8.41. The van der Waals surface area contributed by atoms with E-state index < -0.39 is 15.8 Å². The summed E-state index contributed by atoms with van der Waals surface area (Å²) in [6.07, 6.45) is 2.22. The first-order valence-electron chi connectivity index (χ1n) is 4.97. The molecule has 0 atom stereocenters. The number of aromatic nitrogens is 2. The van der Waals surface area contributed by atoms with E-state index >= 15 is 0 Å². The molecule has 1 heterocycles. The molecule has 1 aromatic carbocycles. The van der Waals surface area contributed by atoms with Gasteiger partial charge in [0.2, 0.25) is 0 Å². The molecule has 0 aliphatic carbocycles. The van der Waals surface area contributed by atoms with E-state index in [-0.39, 0.29) is 16.2 Å². The zero-order valence-corrected chi connectivity index (χ0v) is 10.2. The van der Waals surface area contributed by atoms with Crippen LogP contribution in [0.15, 0.2) is 35.4 Å². The summed E-state index contributed by atoms with van der Waals surface area (Å²) in [6, 6.07) is 6.18. The van der Waals surface area contributed by atoms with E-state index in [1.807, 2.05) is 0 Å². The van der Waals surface area contributed by atoms with Crippen LogP contribution in [0, 0.1) is 0 Å². The highest BCUT2D eigenvalue weighted by Crippen LogP contribution is 2.28. The number of rotatable bonds is 3. The fraction of sp³-hybridized carbons (Fsp3) is 0.0909. The summed E-state index contributed by atoms with van der Waals surface area (Å²) in [4.78, 5) is 11.1. The summed E-state index contributed by atoms with van der Waals surface area (Å²) in [5.74, 6) is -1.16. The van der Waals surface area contributed by atoms with E-state index in [0.717, 1.165) is 12.5 Å². The van der Waals surface area contributed by atoms with Crippen molar-refractivity contribution in [1.29, 1.82) is 0 Å². The smallest absolute Gasteiger partial charge is 0.339 e. The Morgan fingerprint density at radius 3 is 2.61 bits per heavy atom. The number of sulfone groups is 1. The molecule has 0 radical (unpaired) electrons. The van der Waals surface area contributed by atoms with Crippen molar-refractivity contribution >= 4 is 15.8 Å². The molecular weight excluding hydrogens is 256 g/mol. The Bertz CT molecular complexity index is 703. The minimum atomic E-state index is -3.44. The number of benzene rings is 1. The number of carbonyl (C=O) groups is 1. The van der Waals surface area contributed by atoms with Crippen LogP contribution in [0.5, 0.6) is 0 Å². The zero-order valence-electron chi connectivity index (χ0n) is 9.41. The average molecular weight is 266 g/mol. The molecule has 6 nitrogen and oxygen atoms in total. The molecule has 0 spiro atoms. The largest absolute Gasteiger partial charge is 0.478 e. The third-order valence-electron chi connectivity index (χ3n) is 2.43. The van der Waals surface area contributed by atoms with Crippen molar-refractivity contribution in [3.63, 3.8) is 0 Å². The monoisotopic (exact) mass is 266 g/mol. The lowest BCUT2D eigenvalue weighted by atomic mass is 10.1. The second-order valence-electron chi connectivity index (χ2n) is 3.73. The van der Waals surface area contributed by atoms with Crippen molar-refractivity contribution in [3.05, 3.63) is 36.0 Å². The molecule has 2 rings (SSSR count). The fourth-order valence-corrected chi connectivity index (χ4v) is 2.55. The van der Waals surface area contributed by atoms with Crippen LogP contribution in [0.25, 0.3) is 11.3 Å². The number of carboxylic acid groups (broad SMARTS) is 1. The van der Waals surface area contributed by atoms with Gasteiger partial charge in [-0.25, -0.2) is 13.2 Å². The van der Waals surface area contributed by atoms with E-state index in [9.17, 15) is 13.2 Å². The quantitative estimate of drug-likeness (QED) is 0.868. The van der Waals surface area contributed by atoms with E-state index in [4.69, 9.17) is 5.11 Å². The molecular formula is C11H10N2O4S. The molecule has 0 unspecified atom stereocenters. The van der Waals surface area contributed by atoms with E-state index in [2.05, 4.69) is 10.2 Å². The normalized spacial score (nSPS) is 11.4. The first kappa shape index (κ1) is 12.3. The first-order valence-corrected chi connectivity index (χ1v) is 6.86. The van der Waals surface area contributed by atoms with Crippen molar-refractivity contribution in [1.82, 2.24) is 10.2 Å². The van der Waals surface area contributed by atoms with Crippen LogP contribution in [-0.2, 0) is 9.84 Å². The van der Waals surface area contributed by atoms with Gasteiger partial charge in [0.05, 0.1) is 16.8 Å². The highest BCUT2D eigenvalue weighted by Gasteiger charge is 2.20. The predicted octanol–water partition coefficient (Wildman–Crippen LogP) is 1.18. The minimum Gasteiger partial charge on any atom is -0.478 e. The van der Waals surface area contributed by atoms with Crippen molar-refractivity contribution in [2.24, 2.45) is 0 Å². The third-order valence-corrected chi connectivity index (χ3v) is 3.58. The second kappa shape index (κ2) is 4.26. The van der Waals surface area contributed by atoms with Gasteiger partial charge in [-0.15, -0.1) is 0 Å². The Balaban J connectivity index is 2.73. The Morgan fingerprint density at radius 2 is 2.00 bits per heavy atom. The van der Waals surface area contributed by atoms with Crippen LogP contribution in [0.4, 0.5) is 0 Å².